The molecule has 2 aliphatic carbocycles. The van der Waals surface area contributed by atoms with Gasteiger partial charge in [0, 0.05) is 12.1 Å². The van der Waals surface area contributed by atoms with Crippen molar-refractivity contribution in [3.8, 4) is 0 Å². The Hall–Kier alpha value is -0.820. The van der Waals surface area contributed by atoms with Crippen LogP contribution in [0.25, 0.3) is 0 Å². The molecule has 1 saturated carbocycles. The van der Waals surface area contributed by atoms with Crippen LogP contribution in [0.4, 0.5) is 0 Å². The van der Waals surface area contributed by atoms with Crippen LogP contribution in [-0.2, 0) is 12.8 Å². The Balaban J connectivity index is 1.64. The number of rotatable bonds is 4. The van der Waals surface area contributed by atoms with Gasteiger partial charge in [-0.1, -0.05) is 31.0 Å². The van der Waals surface area contributed by atoms with Crippen molar-refractivity contribution in [2.75, 3.05) is 0 Å². The number of hydrogen-bond acceptors (Lipinski definition) is 1. The monoisotopic (exact) mass is 257 g/mol. The Labute approximate surface area is 117 Å². The maximum Gasteiger partial charge on any atom is 0.0294 e. The molecule has 1 heteroatoms. The predicted octanol–water partition coefficient (Wildman–Crippen LogP) is 4.40. The van der Waals surface area contributed by atoms with Gasteiger partial charge in [0.15, 0.2) is 0 Å². The van der Waals surface area contributed by atoms with Gasteiger partial charge >= 0.3 is 0 Å². The Morgan fingerprint density at radius 2 is 1.74 bits per heavy atom. The minimum atomic E-state index is 0.487. The summed E-state index contributed by atoms with van der Waals surface area (Å²) in [5, 5.41) is 3.83. The van der Waals surface area contributed by atoms with Crippen molar-refractivity contribution in [2.45, 2.75) is 70.9 Å². The van der Waals surface area contributed by atoms with Crippen molar-refractivity contribution < 1.29 is 0 Å². The first kappa shape index (κ1) is 13.2. The summed E-state index contributed by atoms with van der Waals surface area (Å²) in [5.74, 6) is 0.900. The zero-order valence-electron chi connectivity index (χ0n) is 12.4. The molecule has 0 amide bonds. The number of nitrogens with one attached hydrogen (secondary N) is 1. The highest BCUT2D eigenvalue weighted by Crippen LogP contribution is 2.30. The van der Waals surface area contributed by atoms with Crippen LogP contribution in [0, 0.1) is 5.92 Å². The Morgan fingerprint density at radius 1 is 1.00 bits per heavy atom. The van der Waals surface area contributed by atoms with Crippen molar-refractivity contribution in [3.63, 3.8) is 0 Å². The molecule has 104 valence electrons. The summed E-state index contributed by atoms with van der Waals surface area (Å²) in [6.45, 7) is 4.70. The minimum Gasteiger partial charge on any atom is -0.307 e. The molecule has 1 aromatic rings. The van der Waals surface area contributed by atoms with Gasteiger partial charge in [-0.15, -0.1) is 0 Å². The third-order valence-corrected chi connectivity index (χ3v) is 5.24. The van der Waals surface area contributed by atoms with Crippen LogP contribution in [0.2, 0.25) is 0 Å². The first-order chi connectivity index (χ1) is 9.24. The molecule has 1 aromatic carbocycles. The van der Waals surface area contributed by atoms with Crippen LogP contribution in [0.1, 0.15) is 68.7 Å². The molecule has 2 atom stereocenters. The van der Waals surface area contributed by atoms with E-state index in [4.69, 9.17) is 0 Å². The minimum absolute atomic E-state index is 0.487. The molecule has 0 saturated heterocycles. The Bertz CT molecular complexity index is 431. The summed E-state index contributed by atoms with van der Waals surface area (Å²) in [7, 11) is 0. The van der Waals surface area contributed by atoms with E-state index in [-0.39, 0.29) is 0 Å². The van der Waals surface area contributed by atoms with Crippen LogP contribution in [-0.4, -0.2) is 6.04 Å². The molecule has 0 radical (unpaired) electrons. The smallest absolute Gasteiger partial charge is 0.0294 e. The van der Waals surface area contributed by atoms with Gasteiger partial charge in [0.2, 0.25) is 0 Å². The lowest BCUT2D eigenvalue weighted by molar-refractivity contribution is 0.352. The highest BCUT2D eigenvalue weighted by Gasteiger charge is 2.23. The molecule has 3 rings (SSSR count). The van der Waals surface area contributed by atoms with Crippen molar-refractivity contribution >= 4 is 0 Å². The Morgan fingerprint density at radius 3 is 2.53 bits per heavy atom. The lowest BCUT2D eigenvalue weighted by Gasteiger charge is -2.25. The fourth-order valence-electron chi connectivity index (χ4n) is 3.95. The van der Waals surface area contributed by atoms with E-state index in [2.05, 4.69) is 37.4 Å². The van der Waals surface area contributed by atoms with Gasteiger partial charge in [0.1, 0.15) is 0 Å². The summed E-state index contributed by atoms with van der Waals surface area (Å²) >= 11 is 0. The van der Waals surface area contributed by atoms with Crippen LogP contribution < -0.4 is 5.32 Å². The number of hydrogen-bond donors (Lipinski definition) is 1. The number of benzene rings is 1. The molecule has 2 aliphatic rings. The van der Waals surface area contributed by atoms with Crippen LogP contribution in [0.15, 0.2) is 18.2 Å². The number of fused-ring (bicyclic) bond motifs is 1. The van der Waals surface area contributed by atoms with Gasteiger partial charge in [-0.2, -0.15) is 0 Å². The van der Waals surface area contributed by atoms with Crippen molar-refractivity contribution in [2.24, 2.45) is 5.92 Å². The fraction of sp³-hybridized carbons (Fsp3) is 0.667. The summed E-state index contributed by atoms with van der Waals surface area (Å²) in [4.78, 5) is 0. The van der Waals surface area contributed by atoms with E-state index < -0.39 is 0 Å². The van der Waals surface area contributed by atoms with Gasteiger partial charge in [-0.05, 0) is 68.6 Å². The van der Waals surface area contributed by atoms with Crippen LogP contribution in [0.3, 0.4) is 0 Å². The van der Waals surface area contributed by atoms with E-state index in [1.165, 1.54) is 50.5 Å². The van der Waals surface area contributed by atoms with Gasteiger partial charge in [-0.3, -0.25) is 0 Å². The molecular formula is C18H27N. The SMILES string of the molecule is CC(NC(C)C1CCCC1)c1ccc2c(c1)CCC2. The molecular weight excluding hydrogens is 230 g/mol. The maximum atomic E-state index is 3.83. The van der Waals surface area contributed by atoms with Crippen molar-refractivity contribution in [1.29, 1.82) is 0 Å². The van der Waals surface area contributed by atoms with E-state index in [1.54, 1.807) is 11.1 Å². The molecule has 0 aromatic heterocycles. The van der Waals surface area contributed by atoms with E-state index >= 15 is 0 Å². The standard InChI is InChI=1S/C18H27N/c1-13(15-6-3-4-7-15)19-14(2)17-11-10-16-8-5-9-18(16)12-17/h10-15,19H,3-9H2,1-2H3. The fourth-order valence-corrected chi connectivity index (χ4v) is 3.95. The molecule has 1 fully saturated rings. The lowest BCUT2D eigenvalue weighted by atomic mass is 9.97. The summed E-state index contributed by atoms with van der Waals surface area (Å²) in [5.41, 5.74) is 4.66. The van der Waals surface area contributed by atoms with Crippen LogP contribution >= 0.6 is 0 Å². The highest BCUT2D eigenvalue weighted by atomic mass is 14.9. The van der Waals surface area contributed by atoms with E-state index in [1.807, 2.05) is 0 Å². The summed E-state index contributed by atoms with van der Waals surface area (Å²) < 4.78 is 0. The zero-order valence-corrected chi connectivity index (χ0v) is 12.4. The molecule has 2 unspecified atom stereocenters. The third-order valence-electron chi connectivity index (χ3n) is 5.24. The topological polar surface area (TPSA) is 12.0 Å². The first-order valence-corrected chi connectivity index (χ1v) is 8.12. The van der Waals surface area contributed by atoms with Gasteiger partial charge < -0.3 is 5.32 Å². The molecule has 19 heavy (non-hydrogen) atoms. The van der Waals surface area contributed by atoms with E-state index in [9.17, 15) is 0 Å². The second-order valence-corrected chi connectivity index (χ2v) is 6.60. The summed E-state index contributed by atoms with van der Waals surface area (Å²) in [6.07, 6.45) is 9.63. The first-order valence-electron chi connectivity index (χ1n) is 8.12. The second-order valence-electron chi connectivity index (χ2n) is 6.60. The van der Waals surface area contributed by atoms with E-state index in [0.29, 0.717) is 12.1 Å². The molecule has 0 bridgehead atoms. The average molecular weight is 257 g/mol. The Kier molecular flexibility index (Phi) is 3.93. The van der Waals surface area contributed by atoms with Gasteiger partial charge in [0.25, 0.3) is 0 Å². The van der Waals surface area contributed by atoms with Gasteiger partial charge in [0.05, 0.1) is 0 Å². The molecule has 1 nitrogen and oxygen atoms in total. The van der Waals surface area contributed by atoms with E-state index in [0.717, 1.165) is 5.92 Å². The molecule has 0 spiro atoms. The zero-order chi connectivity index (χ0) is 13.2. The second kappa shape index (κ2) is 5.66. The van der Waals surface area contributed by atoms with Crippen LogP contribution in [0.5, 0.6) is 0 Å². The predicted molar refractivity (Wildman–Crippen MR) is 81.4 cm³/mol. The molecule has 0 aliphatic heterocycles. The highest BCUT2D eigenvalue weighted by molar-refractivity contribution is 5.36. The normalized spacial score (nSPS) is 22.4. The molecule has 0 heterocycles. The molecule has 1 N–H and O–H groups in total. The lowest BCUT2D eigenvalue weighted by Crippen LogP contribution is -2.34. The third kappa shape index (κ3) is 2.86. The quantitative estimate of drug-likeness (QED) is 0.842. The summed E-state index contributed by atoms with van der Waals surface area (Å²) in [6, 6.07) is 8.29. The maximum absolute atomic E-state index is 3.83. The largest absolute Gasteiger partial charge is 0.307 e. The average Bonchev–Trinajstić information content (AvgIpc) is 3.09. The van der Waals surface area contributed by atoms with Gasteiger partial charge in [-0.25, -0.2) is 0 Å². The van der Waals surface area contributed by atoms with Crippen molar-refractivity contribution in [3.05, 3.63) is 34.9 Å². The van der Waals surface area contributed by atoms with Crippen molar-refractivity contribution in [1.82, 2.24) is 5.32 Å². The number of aryl methyl sites for hydroxylation is 2.